The van der Waals surface area contributed by atoms with Gasteiger partial charge in [-0.15, -0.1) is 11.3 Å². The number of hydrogen-bond donors (Lipinski definition) is 2. The topological polar surface area (TPSA) is 41.1 Å². The van der Waals surface area contributed by atoms with E-state index in [1.807, 2.05) is 0 Å². The van der Waals surface area contributed by atoms with Crippen LogP contribution in [0.2, 0.25) is 0 Å². The van der Waals surface area contributed by atoms with Gasteiger partial charge in [0.1, 0.15) is 0 Å². The first-order chi connectivity index (χ1) is 7.96. The van der Waals surface area contributed by atoms with Gasteiger partial charge in [-0.1, -0.05) is 26.8 Å². The lowest BCUT2D eigenvalue weighted by atomic mass is 9.97. The van der Waals surface area contributed by atoms with Crippen molar-refractivity contribution >= 4 is 17.4 Å². The minimum absolute atomic E-state index is 0.0380. The first-order valence-electron chi connectivity index (χ1n) is 6.03. The second-order valence-electron chi connectivity index (χ2n) is 5.85. The number of thiophene rings is 1. The number of urea groups is 1. The van der Waals surface area contributed by atoms with E-state index in [9.17, 15) is 4.79 Å². The number of carbonyl (C=O) groups excluding carboxylic acids is 1. The molecule has 1 saturated carbocycles. The molecular weight excluding hydrogens is 232 g/mol. The lowest BCUT2D eigenvalue weighted by molar-refractivity contribution is 0.235. The van der Waals surface area contributed by atoms with Gasteiger partial charge in [0.05, 0.1) is 0 Å². The predicted molar refractivity (Wildman–Crippen MR) is 71.5 cm³/mol. The highest BCUT2D eigenvalue weighted by Gasteiger charge is 2.40. The Bertz CT molecular complexity index is 381. The van der Waals surface area contributed by atoms with Crippen molar-refractivity contribution in [3.8, 4) is 0 Å². The van der Waals surface area contributed by atoms with Gasteiger partial charge in [0.2, 0.25) is 0 Å². The van der Waals surface area contributed by atoms with Crippen LogP contribution in [0, 0.1) is 5.41 Å². The van der Waals surface area contributed by atoms with Crippen LogP contribution in [0.4, 0.5) is 4.79 Å². The quantitative estimate of drug-likeness (QED) is 0.853. The van der Waals surface area contributed by atoms with E-state index in [1.54, 1.807) is 11.3 Å². The van der Waals surface area contributed by atoms with Crippen LogP contribution in [0.1, 0.15) is 38.0 Å². The minimum Gasteiger partial charge on any atom is -0.338 e. The smallest absolute Gasteiger partial charge is 0.315 e. The standard InChI is InChI=1S/C13H20N2OS/c1-13(2,3)8-14-12(16)15-10-7-9(10)11-5-4-6-17-11/h4-6,9-10H,7-8H2,1-3H3,(H2,14,15,16). The Morgan fingerprint density at radius 2 is 2.29 bits per heavy atom. The van der Waals surface area contributed by atoms with Gasteiger partial charge in [0, 0.05) is 23.4 Å². The molecule has 2 N–H and O–H groups in total. The molecule has 1 aromatic heterocycles. The van der Waals surface area contributed by atoms with Gasteiger partial charge in [-0.2, -0.15) is 0 Å². The molecule has 2 unspecified atom stereocenters. The Hall–Kier alpha value is -1.03. The monoisotopic (exact) mass is 252 g/mol. The third-order valence-electron chi connectivity index (χ3n) is 2.79. The molecule has 2 amide bonds. The van der Waals surface area contributed by atoms with Crippen LogP contribution in [0.3, 0.4) is 0 Å². The number of amides is 2. The van der Waals surface area contributed by atoms with Gasteiger partial charge < -0.3 is 10.6 Å². The third kappa shape index (κ3) is 3.73. The molecule has 3 nitrogen and oxygen atoms in total. The molecule has 0 bridgehead atoms. The Kier molecular flexibility index (Phi) is 3.43. The van der Waals surface area contributed by atoms with Gasteiger partial charge in [-0.05, 0) is 23.3 Å². The van der Waals surface area contributed by atoms with Gasteiger partial charge in [0.15, 0.2) is 0 Å². The molecule has 2 atom stereocenters. The van der Waals surface area contributed by atoms with Crippen LogP contribution >= 0.6 is 11.3 Å². The second-order valence-corrected chi connectivity index (χ2v) is 6.83. The first kappa shape index (κ1) is 12.4. The van der Waals surface area contributed by atoms with Gasteiger partial charge in [-0.25, -0.2) is 4.79 Å². The predicted octanol–water partition coefficient (Wildman–Crippen LogP) is 2.95. The molecule has 0 saturated heterocycles. The average Bonchev–Trinajstić information content (AvgIpc) is 2.78. The zero-order valence-corrected chi connectivity index (χ0v) is 11.4. The average molecular weight is 252 g/mol. The molecule has 94 valence electrons. The molecule has 2 rings (SSSR count). The SMILES string of the molecule is CC(C)(C)CNC(=O)NC1CC1c1cccs1. The summed E-state index contributed by atoms with van der Waals surface area (Å²) in [6.07, 6.45) is 1.07. The lowest BCUT2D eigenvalue weighted by Gasteiger charge is -2.18. The Morgan fingerprint density at radius 1 is 1.53 bits per heavy atom. The lowest BCUT2D eigenvalue weighted by Crippen LogP contribution is -2.41. The zero-order chi connectivity index (χ0) is 12.5. The maximum absolute atomic E-state index is 11.6. The molecule has 1 aliphatic rings. The fourth-order valence-electron chi connectivity index (χ4n) is 1.74. The normalized spacial score (nSPS) is 23.2. The summed E-state index contributed by atoms with van der Waals surface area (Å²) in [5.74, 6) is 0.537. The van der Waals surface area contributed by atoms with E-state index in [4.69, 9.17) is 0 Å². The number of rotatable bonds is 3. The van der Waals surface area contributed by atoms with Crippen LogP contribution in [-0.4, -0.2) is 18.6 Å². The van der Waals surface area contributed by atoms with E-state index < -0.39 is 0 Å². The first-order valence-corrected chi connectivity index (χ1v) is 6.91. The maximum atomic E-state index is 11.6. The van der Waals surface area contributed by atoms with E-state index in [0.717, 1.165) is 6.42 Å². The fraction of sp³-hybridized carbons (Fsp3) is 0.615. The maximum Gasteiger partial charge on any atom is 0.315 e. The van der Waals surface area contributed by atoms with Crippen molar-refractivity contribution in [1.82, 2.24) is 10.6 Å². The summed E-state index contributed by atoms with van der Waals surface area (Å²) in [5, 5.41) is 8.02. The van der Waals surface area contributed by atoms with Crippen molar-refractivity contribution in [1.29, 1.82) is 0 Å². The molecule has 1 aliphatic carbocycles. The van der Waals surface area contributed by atoms with Crippen molar-refractivity contribution in [2.24, 2.45) is 5.41 Å². The highest BCUT2D eigenvalue weighted by Crippen LogP contribution is 2.42. The van der Waals surface area contributed by atoms with E-state index in [-0.39, 0.29) is 11.4 Å². The van der Waals surface area contributed by atoms with Gasteiger partial charge in [-0.3, -0.25) is 0 Å². The molecule has 0 spiro atoms. The summed E-state index contributed by atoms with van der Waals surface area (Å²) < 4.78 is 0. The van der Waals surface area contributed by atoms with Crippen LogP contribution < -0.4 is 10.6 Å². The Labute approximate surface area is 107 Å². The summed E-state index contributed by atoms with van der Waals surface area (Å²) >= 11 is 1.77. The summed E-state index contributed by atoms with van der Waals surface area (Å²) in [4.78, 5) is 13.0. The third-order valence-corrected chi connectivity index (χ3v) is 3.80. The molecule has 17 heavy (non-hydrogen) atoms. The van der Waals surface area contributed by atoms with Crippen LogP contribution in [0.25, 0.3) is 0 Å². The molecular formula is C13H20N2OS. The molecule has 0 aromatic carbocycles. The van der Waals surface area contributed by atoms with Crippen LogP contribution in [-0.2, 0) is 0 Å². The fourth-order valence-corrected chi connectivity index (χ4v) is 2.64. The minimum atomic E-state index is -0.0380. The molecule has 1 fully saturated rings. The Morgan fingerprint density at radius 3 is 2.88 bits per heavy atom. The largest absolute Gasteiger partial charge is 0.338 e. The molecule has 1 aromatic rings. The zero-order valence-electron chi connectivity index (χ0n) is 10.6. The number of hydrogen-bond acceptors (Lipinski definition) is 2. The van der Waals surface area contributed by atoms with E-state index in [2.05, 4.69) is 48.9 Å². The molecule has 4 heteroatoms. The summed E-state index contributed by atoms with van der Waals surface area (Å²) in [6.45, 7) is 7.03. The van der Waals surface area contributed by atoms with E-state index >= 15 is 0 Å². The highest BCUT2D eigenvalue weighted by molar-refractivity contribution is 7.10. The molecule has 1 heterocycles. The molecule has 0 radical (unpaired) electrons. The van der Waals surface area contributed by atoms with Gasteiger partial charge in [0.25, 0.3) is 0 Å². The van der Waals surface area contributed by atoms with Crippen molar-refractivity contribution in [3.63, 3.8) is 0 Å². The van der Waals surface area contributed by atoms with Crippen molar-refractivity contribution < 1.29 is 4.79 Å². The second kappa shape index (κ2) is 4.69. The summed E-state index contributed by atoms with van der Waals surface area (Å²) in [5.41, 5.74) is 0.133. The van der Waals surface area contributed by atoms with Crippen LogP contribution in [0.15, 0.2) is 17.5 Å². The summed E-state index contributed by atoms with van der Waals surface area (Å²) in [7, 11) is 0. The number of nitrogens with one attached hydrogen (secondary N) is 2. The summed E-state index contributed by atoms with van der Waals surface area (Å²) in [6, 6.07) is 4.50. The number of carbonyl (C=O) groups is 1. The van der Waals surface area contributed by atoms with Crippen molar-refractivity contribution in [2.45, 2.75) is 39.2 Å². The van der Waals surface area contributed by atoms with Gasteiger partial charge >= 0.3 is 6.03 Å². The van der Waals surface area contributed by atoms with E-state index in [0.29, 0.717) is 18.5 Å². The van der Waals surface area contributed by atoms with Crippen LogP contribution in [0.5, 0.6) is 0 Å². The Balaban J connectivity index is 1.71. The van der Waals surface area contributed by atoms with Crippen molar-refractivity contribution in [2.75, 3.05) is 6.54 Å². The van der Waals surface area contributed by atoms with Crippen molar-refractivity contribution in [3.05, 3.63) is 22.4 Å². The molecule has 0 aliphatic heterocycles. The van der Waals surface area contributed by atoms with E-state index in [1.165, 1.54) is 4.88 Å². The highest BCUT2D eigenvalue weighted by atomic mass is 32.1.